The molecule has 0 aliphatic carbocycles. The molecule has 0 radical (unpaired) electrons. The van der Waals surface area contributed by atoms with Crippen LogP contribution in [0.3, 0.4) is 0 Å². The van der Waals surface area contributed by atoms with Crippen LogP contribution in [0.4, 0.5) is 16.2 Å². The molecule has 7 nitrogen and oxygen atoms in total. The molecule has 5 N–H and O–H groups in total. The third-order valence-electron chi connectivity index (χ3n) is 1.63. The zero-order valence-electron chi connectivity index (χ0n) is 8.52. The fourth-order valence-electron chi connectivity index (χ4n) is 0.979. The molecule has 1 aromatic carbocycles. The van der Waals surface area contributed by atoms with Gasteiger partial charge in [-0.15, -0.1) is 0 Å². The maximum Gasteiger partial charge on any atom is 0.318 e. The SMILES string of the molecule is CNC(=O)Nc1ccc(NS(N)(=O)=O)cc1. The molecule has 0 saturated carbocycles. The van der Waals surface area contributed by atoms with E-state index in [1.54, 1.807) is 12.1 Å². The Morgan fingerprint density at radius 1 is 1.19 bits per heavy atom. The maximum absolute atomic E-state index is 10.9. The van der Waals surface area contributed by atoms with Crippen molar-refractivity contribution in [1.82, 2.24) is 5.32 Å². The molecule has 16 heavy (non-hydrogen) atoms. The molecule has 0 bridgehead atoms. The van der Waals surface area contributed by atoms with Crippen LogP contribution < -0.4 is 20.5 Å². The molecule has 0 aliphatic rings. The number of rotatable bonds is 3. The number of benzene rings is 1. The summed E-state index contributed by atoms with van der Waals surface area (Å²) in [4.78, 5) is 10.9. The van der Waals surface area contributed by atoms with Crippen molar-refractivity contribution in [2.24, 2.45) is 5.14 Å². The number of carbonyl (C=O) groups excluding carboxylic acids is 1. The number of nitrogens with one attached hydrogen (secondary N) is 3. The smallest absolute Gasteiger partial charge is 0.318 e. The van der Waals surface area contributed by atoms with Crippen LogP contribution in [0.25, 0.3) is 0 Å². The van der Waals surface area contributed by atoms with Crippen LogP contribution in [-0.2, 0) is 10.2 Å². The predicted molar refractivity (Wildman–Crippen MR) is 61.3 cm³/mol. The first kappa shape index (κ1) is 12.3. The minimum absolute atomic E-state index is 0.324. The van der Waals surface area contributed by atoms with Crippen LogP contribution >= 0.6 is 0 Å². The molecule has 0 aliphatic heterocycles. The van der Waals surface area contributed by atoms with Gasteiger partial charge in [0.25, 0.3) is 10.2 Å². The number of amides is 2. The topological polar surface area (TPSA) is 113 Å². The van der Waals surface area contributed by atoms with Crippen LogP contribution in [0.2, 0.25) is 0 Å². The zero-order chi connectivity index (χ0) is 12.2. The minimum atomic E-state index is -3.77. The average molecular weight is 244 g/mol. The number of carbonyl (C=O) groups is 1. The van der Waals surface area contributed by atoms with Crippen LogP contribution in [0.15, 0.2) is 24.3 Å². The van der Waals surface area contributed by atoms with Gasteiger partial charge in [0, 0.05) is 18.4 Å². The number of nitrogens with two attached hydrogens (primary N) is 1. The van der Waals surface area contributed by atoms with Crippen LogP contribution in [0.1, 0.15) is 0 Å². The highest BCUT2D eigenvalue weighted by Crippen LogP contribution is 2.13. The molecule has 0 unspecified atom stereocenters. The van der Waals surface area contributed by atoms with E-state index in [0.717, 1.165) is 0 Å². The summed E-state index contributed by atoms with van der Waals surface area (Å²) in [5, 5.41) is 9.70. The van der Waals surface area contributed by atoms with E-state index in [2.05, 4.69) is 15.4 Å². The van der Waals surface area contributed by atoms with Gasteiger partial charge in [-0.1, -0.05) is 0 Å². The quantitative estimate of drug-likeness (QED) is 0.602. The summed E-state index contributed by atoms with van der Waals surface area (Å²) in [7, 11) is -2.28. The molecule has 0 aromatic heterocycles. The molecule has 88 valence electrons. The number of hydrogen-bond acceptors (Lipinski definition) is 3. The summed E-state index contributed by atoms with van der Waals surface area (Å²) >= 11 is 0. The molecule has 0 fully saturated rings. The van der Waals surface area contributed by atoms with Gasteiger partial charge < -0.3 is 10.6 Å². The summed E-state index contributed by atoms with van der Waals surface area (Å²) in [5.41, 5.74) is 0.865. The molecular formula is C8H12N4O3S. The summed E-state index contributed by atoms with van der Waals surface area (Å²) in [5.74, 6) is 0. The lowest BCUT2D eigenvalue weighted by molar-refractivity contribution is 0.254. The van der Waals surface area contributed by atoms with Gasteiger partial charge >= 0.3 is 6.03 Å². The Morgan fingerprint density at radius 3 is 2.12 bits per heavy atom. The van der Waals surface area contributed by atoms with E-state index >= 15 is 0 Å². The van der Waals surface area contributed by atoms with E-state index in [1.807, 2.05) is 0 Å². The summed E-state index contributed by atoms with van der Waals surface area (Å²) in [6.45, 7) is 0. The van der Waals surface area contributed by atoms with Crippen LogP contribution in [0.5, 0.6) is 0 Å². The van der Waals surface area contributed by atoms with E-state index in [-0.39, 0.29) is 6.03 Å². The van der Waals surface area contributed by atoms with Crippen molar-refractivity contribution in [3.05, 3.63) is 24.3 Å². The van der Waals surface area contributed by atoms with E-state index in [9.17, 15) is 13.2 Å². The minimum Gasteiger partial charge on any atom is -0.341 e. The number of anilines is 2. The average Bonchev–Trinajstić information content (AvgIpc) is 2.18. The van der Waals surface area contributed by atoms with Gasteiger partial charge in [-0.05, 0) is 24.3 Å². The van der Waals surface area contributed by atoms with E-state index in [1.165, 1.54) is 19.2 Å². The van der Waals surface area contributed by atoms with Crippen molar-refractivity contribution in [3.63, 3.8) is 0 Å². The normalized spacial score (nSPS) is 10.6. The molecule has 1 aromatic rings. The Balaban J connectivity index is 2.72. The third kappa shape index (κ3) is 4.15. The van der Waals surface area contributed by atoms with Gasteiger partial charge in [0.15, 0.2) is 0 Å². The molecule has 8 heteroatoms. The predicted octanol–water partition coefficient (Wildman–Crippen LogP) is 0.0533. The van der Waals surface area contributed by atoms with Gasteiger partial charge in [0.1, 0.15) is 0 Å². The third-order valence-corrected chi connectivity index (χ3v) is 2.15. The summed E-state index contributed by atoms with van der Waals surface area (Å²) in [6.07, 6.45) is 0. The highest BCUT2D eigenvalue weighted by Gasteiger charge is 2.02. The standard InChI is InChI=1S/C8H12N4O3S/c1-10-8(13)11-6-2-4-7(5-3-6)12-16(9,14)15/h2-5,12H,1H3,(H2,9,14,15)(H2,10,11,13). The van der Waals surface area contributed by atoms with Gasteiger partial charge in [-0.2, -0.15) is 8.42 Å². The van der Waals surface area contributed by atoms with Gasteiger partial charge in [-0.3, -0.25) is 4.72 Å². The van der Waals surface area contributed by atoms with Crippen LogP contribution in [-0.4, -0.2) is 21.5 Å². The molecule has 0 saturated heterocycles. The Morgan fingerprint density at radius 2 is 1.69 bits per heavy atom. The Kier molecular flexibility index (Phi) is 3.69. The van der Waals surface area contributed by atoms with E-state index < -0.39 is 10.2 Å². The van der Waals surface area contributed by atoms with Crippen molar-refractivity contribution in [2.45, 2.75) is 0 Å². The highest BCUT2D eigenvalue weighted by atomic mass is 32.2. The largest absolute Gasteiger partial charge is 0.341 e. The van der Waals surface area contributed by atoms with E-state index in [4.69, 9.17) is 5.14 Å². The van der Waals surface area contributed by atoms with Crippen molar-refractivity contribution in [2.75, 3.05) is 17.1 Å². The highest BCUT2D eigenvalue weighted by molar-refractivity contribution is 7.90. The first-order valence-electron chi connectivity index (χ1n) is 4.30. The van der Waals surface area contributed by atoms with Gasteiger partial charge in [0.05, 0.1) is 0 Å². The Labute approximate surface area is 93.2 Å². The van der Waals surface area contributed by atoms with E-state index in [0.29, 0.717) is 11.4 Å². The first-order chi connectivity index (χ1) is 7.40. The van der Waals surface area contributed by atoms with Gasteiger partial charge in [0.2, 0.25) is 0 Å². The number of urea groups is 1. The second kappa shape index (κ2) is 4.81. The molecule has 0 atom stereocenters. The van der Waals surface area contributed by atoms with Crippen LogP contribution in [0, 0.1) is 0 Å². The zero-order valence-corrected chi connectivity index (χ0v) is 9.34. The number of hydrogen-bond donors (Lipinski definition) is 4. The molecule has 0 spiro atoms. The Hall–Kier alpha value is -1.80. The molecule has 2 amide bonds. The monoisotopic (exact) mass is 244 g/mol. The van der Waals surface area contributed by atoms with Crippen molar-refractivity contribution < 1.29 is 13.2 Å². The van der Waals surface area contributed by atoms with Gasteiger partial charge in [-0.25, -0.2) is 9.93 Å². The lowest BCUT2D eigenvalue weighted by Gasteiger charge is -2.06. The molecule has 1 rings (SSSR count). The summed E-state index contributed by atoms with van der Waals surface area (Å²) in [6, 6.07) is 5.70. The first-order valence-corrected chi connectivity index (χ1v) is 5.84. The fraction of sp³-hybridized carbons (Fsp3) is 0.125. The maximum atomic E-state index is 10.9. The fourth-order valence-corrected chi connectivity index (χ4v) is 1.44. The molecular weight excluding hydrogens is 232 g/mol. The second-order valence-electron chi connectivity index (χ2n) is 2.93. The van der Waals surface area contributed by atoms with Crippen molar-refractivity contribution >= 4 is 27.6 Å². The van der Waals surface area contributed by atoms with Crippen molar-refractivity contribution in [3.8, 4) is 0 Å². The van der Waals surface area contributed by atoms with Crippen molar-refractivity contribution in [1.29, 1.82) is 0 Å². The lowest BCUT2D eigenvalue weighted by atomic mass is 10.3. The second-order valence-corrected chi connectivity index (χ2v) is 4.22. The lowest BCUT2D eigenvalue weighted by Crippen LogP contribution is -2.24. The Bertz CT molecular complexity index is 469. The summed E-state index contributed by atoms with van der Waals surface area (Å²) < 4.78 is 23.5. The molecule has 0 heterocycles.